The Morgan fingerprint density at radius 1 is 0.800 bits per heavy atom. The molecule has 4 aromatic rings. The van der Waals surface area contributed by atoms with Crippen molar-refractivity contribution in [1.82, 2.24) is 29.1 Å². The summed E-state index contributed by atoms with van der Waals surface area (Å²) in [6.07, 6.45) is 18.7. The number of hydrogen-bond acceptors (Lipinski definition) is 7. The first-order valence-electron chi connectivity index (χ1n) is 11.7. The average molecular weight is 497 g/mol. The third-order valence-electron chi connectivity index (χ3n) is 5.33. The number of hydrogen-bond donors (Lipinski definition) is 2. The van der Waals surface area contributed by atoms with Gasteiger partial charge >= 0.3 is 0 Å². The van der Waals surface area contributed by atoms with Crippen LogP contribution in [-0.2, 0) is 13.1 Å². The van der Waals surface area contributed by atoms with Crippen LogP contribution in [0.25, 0.3) is 22.5 Å². The molecule has 4 rings (SSSR count). The summed E-state index contributed by atoms with van der Waals surface area (Å²) in [4.78, 5) is 16.9. The highest BCUT2D eigenvalue weighted by molar-refractivity contribution is 6.33. The summed E-state index contributed by atoms with van der Waals surface area (Å²) in [5.74, 6) is 0.789. The van der Waals surface area contributed by atoms with Gasteiger partial charge in [0.2, 0.25) is 0 Å². The van der Waals surface area contributed by atoms with Gasteiger partial charge in [0.1, 0.15) is 5.75 Å². The lowest BCUT2D eigenvalue weighted by Gasteiger charge is -2.04. The van der Waals surface area contributed by atoms with E-state index in [1.165, 1.54) is 0 Å². The maximum absolute atomic E-state index is 6.09. The third kappa shape index (κ3) is 7.88. The minimum Gasteiger partial charge on any atom is -0.496 e. The topological polar surface area (TPSA) is 123 Å². The summed E-state index contributed by atoms with van der Waals surface area (Å²) in [6.45, 7) is 3.34. The molecule has 0 aromatic carbocycles. The molecule has 0 radical (unpaired) electrons. The van der Waals surface area contributed by atoms with Crippen LogP contribution >= 0.6 is 11.6 Å². The lowest BCUT2D eigenvalue weighted by molar-refractivity contribution is 0.416. The molecule has 4 aromatic heterocycles. The maximum atomic E-state index is 6.09. The van der Waals surface area contributed by atoms with Crippen molar-refractivity contribution in [2.45, 2.75) is 38.8 Å². The van der Waals surface area contributed by atoms with Gasteiger partial charge in [-0.05, 0) is 50.9 Å². The number of nitrogens with two attached hydrogens (primary N) is 2. The zero-order valence-electron chi connectivity index (χ0n) is 20.1. The van der Waals surface area contributed by atoms with Crippen LogP contribution in [0.3, 0.4) is 0 Å². The van der Waals surface area contributed by atoms with Crippen LogP contribution in [0.5, 0.6) is 5.75 Å². The van der Waals surface area contributed by atoms with Crippen LogP contribution < -0.4 is 16.2 Å². The lowest BCUT2D eigenvalue weighted by atomic mass is 10.2. The van der Waals surface area contributed by atoms with Gasteiger partial charge in [-0.25, -0.2) is 9.97 Å². The van der Waals surface area contributed by atoms with Crippen LogP contribution in [0.4, 0.5) is 0 Å². The molecule has 0 fully saturated rings. The predicted octanol–water partition coefficient (Wildman–Crippen LogP) is 4.03. The second kappa shape index (κ2) is 14.2. The largest absolute Gasteiger partial charge is 0.496 e. The van der Waals surface area contributed by atoms with Crippen molar-refractivity contribution in [3.8, 4) is 28.3 Å². The lowest BCUT2D eigenvalue weighted by Crippen LogP contribution is -2.01. The molecule has 0 aliphatic heterocycles. The second-order valence-electron chi connectivity index (χ2n) is 7.92. The van der Waals surface area contributed by atoms with Gasteiger partial charge in [0.25, 0.3) is 0 Å². The number of pyridine rings is 2. The zero-order valence-corrected chi connectivity index (χ0v) is 20.8. The highest BCUT2D eigenvalue weighted by Crippen LogP contribution is 2.27. The van der Waals surface area contributed by atoms with Crippen molar-refractivity contribution in [3.63, 3.8) is 0 Å². The molecule has 9 nitrogen and oxygen atoms in total. The summed E-state index contributed by atoms with van der Waals surface area (Å²) < 4.78 is 9.42. The van der Waals surface area contributed by atoms with Crippen molar-refractivity contribution in [1.29, 1.82) is 0 Å². The molecule has 10 heteroatoms. The first-order valence-corrected chi connectivity index (χ1v) is 12.1. The average Bonchev–Trinajstić information content (AvgIpc) is 3.55. The number of aryl methyl sites for hydroxylation is 2. The number of aromatic nitrogens is 6. The molecule has 0 aliphatic rings. The molecule has 0 aliphatic carbocycles. The first-order chi connectivity index (χ1) is 17.2. The Hall–Kier alpha value is -3.27. The normalized spacial score (nSPS) is 10.6. The molecule has 4 N–H and O–H groups in total. The van der Waals surface area contributed by atoms with E-state index in [4.69, 9.17) is 27.8 Å². The smallest absolute Gasteiger partial charge is 0.131 e. The summed E-state index contributed by atoms with van der Waals surface area (Å²) in [6, 6.07) is 3.60. The number of rotatable bonds is 11. The Bertz CT molecular complexity index is 1160. The van der Waals surface area contributed by atoms with Crippen LogP contribution in [0.2, 0.25) is 5.02 Å². The van der Waals surface area contributed by atoms with Gasteiger partial charge in [0, 0.05) is 55.8 Å². The predicted molar refractivity (Wildman–Crippen MR) is 139 cm³/mol. The van der Waals surface area contributed by atoms with Crippen LogP contribution in [-0.4, -0.2) is 49.3 Å². The molecule has 4 heterocycles. The highest BCUT2D eigenvalue weighted by atomic mass is 35.5. The molecule has 0 atom stereocenters. The molecule has 0 saturated carbocycles. The van der Waals surface area contributed by atoms with E-state index in [1.807, 2.05) is 35.7 Å². The number of ether oxygens (including phenoxy) is 1. The fourth-order valence-corrected chi connectivity index (χ4v) is 3.64. The number of imidazole rings is 2. The maximum Gasteiger partial charge on any atom is 0.131 e. The van der Waals surface area contributed by atoms with Crippen molar-refractivity contribution in [3.05, 3.63) is 67.0 Å². The van der Waals surface area contributed by atoms with Gasteiger partial charge in [-0.15, -0.1) is 0 Å². The fraction of sp³-hybridized carbons (Fsp3) is 0.360. The van der Waals surface area contributed by atoms with Crippen molar-refractivity contribution in [2.75, 3.05) is 20.2 Å². The SMILES string of the molecule is COc1ccncc1-c1cn(CCCCN)cn1.NCCCCn1cnc(-c2cnccc2Cl)c1. The van der Waals surface area contributed by atoms with Gasteiger partial charge < -0.3 is 25.3 Å². The van der Waals surface area contributed by atoms with Crippen LogP contribution in [0.1, 0.15) is 25.7 Å². The van der Waals surface area contributed by atoms with E-state index in [9.17, 15) is 0 Å². The number of methoxy groups -OCH3 is 1. The number of nitrogens with zero attached hydrogens (tertiary/aromatic N) is 6. The van der Waals surface area contributed by atoms with Crippen LogP contribution in [0.15, 0.2) is 62.0 Å². The quantitative estimate of drug-likeness (QED) is 0.300. The molecular formula is C25H33ClN8O. The molecular weight excluding hydrogens is 464 g/mol. The molecule has 186 valence electrons. The van der Waals surface area contributed by atoms with Gasteiger partial charge in [0.05, 0.1) is 41.7 Å². The second-order valence-corrected chi connectivity index (χ2v) is 8.32. The Balaban J connectivity index is 0.000000196. The van der Waals surface area contributed by atoms with Crippen molar-refractivity contribution in [2.24, 2.45) is 11.5 Å². The van der Waals surface area contributed by atoms with Gasteiger partial charge in [-0.2, -0.15) is 0 Å². The molecule has 0 saturated heterocycles. The Morgan fingerprint density at radius 2 is 1.34 bits per heavy atom. The van der Waals surface area contributed by atoms with Crippen molar-refractivity contribution >= 4 is 11.6 Å². The Kier molecular flexibility index (Phi) is 10.7. The fourth-order valence-electron chi connectivity index (χ4n) is 3.44. The number of halogens is 1. The molecule has 0 spiro atoms. The highest BCUT2D eigenvalue weighted by Gasteiger charge is 2.08. The van der Waals surface area contributed by atoms with Crippen LogP contribution in [0, 0.1) is 0 Å². The third-order valence-corrected chi connectivity index (χ3v) is 5.66. The summed E-state index contributed by atoms with van der Waals surface area (Å²) in [7, 11) is 1.65. The van der Waals surface area contributed by atoms with E-state index in [0.717, 1.165) is 80.1 Å². The summed E-state index contributed by atoms with van der Waals surface area (Å²) in [5.41, 5.74) is 14.5. The zero-order chi connectivity index (χ0) is 24.9. The van der Waals surface area contributed by atoms with E-state index >= 15 is 0 Å². The first kappa shape index (κ1) is 26.3. The standard InChI is InChI=1S/C13H18N4O.C12H15ClN4/c1-18-13-4-6-15-8-11(13)12-9-17(10-16-12)7-3-2-5-14;13-11-3-5-15-7-10(11)12-8-17(9-16-12)6-2-1-4-14/h4,6,8-10H,2-3,5,7,14H2,1H3;3,5,7-9H,1-2,4,6,14H2. The number of unbranched alkanes of at least 4 members (excludes halogenated alkanes) is 2. The molecule has 0 bridgehead atoms. The van der Waals surface area contributed by atoms with Gasteiger partial charge in [0.15, 0.2) is 0 Å². The molecule has 0 unspecified atom stereocenters. The van der Waals surface area contributed by atoms with Gasteiger partial charge in [-0.1, -0.05) is 11.6 Å². The van der Waals surface area contributed by atoms with E-state index < -0.39 is 0 Å². The molecule has 0 amide bonds. The monoisotopic (exact) mass is 496 g/mol. The van der Waals surface area contributed by atoms with E-state index in [2.05, 4.69) is 24.5 Å². The Morgan fingerprint density at radius 3 is 1.89 bits per heavy atom. The van der Waals surface area contributed by atoms with E-state index in [-0.39, 0.29) is 0 Å². The van der Waals surface area contributed by atoms with Gasteiger partial charge in [-0.3, -0.25) is 9.97 Å². The summed E-state index contributed by atoms with van der Waals surface area (Å²) in [5, 5.41) is 0.673. The van der Waals surface area contributed by atoms with E-state index in [1.54, 1.807) is 38.0 Å². The minimum absolute atomic E-state index is 0.673. The molecule has 35 heavy (non-hydrogen) atoms. The minimum atomic E-state index is 0.673. The summed E-state index contributed by atoms with van der Waals surface area (Å²) >= 11 is 6.09. The van der Waals surface area contributed by atoms with Crippen molar-refractivity contribution < 1.29 is 4.74 Å². The Labute approximate surface area is 211 Å². The van der Waals surface area contributed by atoms with E-state index in [0.29, 0.717) is 5.02 Å².